The number of aromatic carboxylic acids is 1. The number of hydrogen-bond donors (Lipinski definition) is 1. The van der Waals surface area contributed by atoms with E-state index in [9.17, 15) is 4.79 Å². The summed E-state index contributed by atoms with van der Waals surface area (Å²) in [6.07, 6.45) is 3.66. The van der Waals surface area contributed by atoms with Crippen LogP contribution in [0, 0.1) is 3.57 Å². The first kappa shape index (κ1) is 10.2. The lowest BCUT2D eigenvalue weighted by atomic mass is 10.2. The lowest BCUT2D eigenvalue weighted by molar-refractivity contribution is 0.0697. The molecular formula is C11H8INO2. The van der Waals surface area contributed by atoms with Crippen molar-refractivity contribution in [1.29, 1.82) is 0 Å². The van der Waals surface area contributed by atoms with E-state index in [1.165, 1.54) is 0 Å². The summed E-state index contributed by atoms with van der Waals surface area (Å²) in [5.74, 6) is -0.905. The summed E-state index contributed by atoms with van der Waals surface area (Å²) in [6, 6.07) is 9.10. The molecular weight excluding hydrogens is 305 g/mol. The predicted octanol–water partition coefficient (Wildman–Crippen LogP) is 2.78. The highest BCUT2D eigenvalue weighted by Crippen LogP contribution is 2.18. The maximum atomic E-state index is 11.1. The smallest absolute Gasteiger partial charge is 0.337 e. The Bertz CT molecular complexity index is 491. The Morgan fingerprint density at radius 1 is 1.27 bits per heavy atom. The minimum absolute atomic E-state index is 0.318. The van der Waals surface area contributed by atoms with Gasteiger partial charge < -0.3 is 9.67 Å². The van der Waals surface area contributed by atoms with Crippen LogP contribution in [0.25, 0.3) is 5.69 Å². The molecule has 0 aliphatic rings. The van der Waals surface area contributed by atoms with Crippen LogP contribution in [-0.4, -0.2) is 15.6 Å². The van der Waals surface area contributed by atoms with E-state index in [4.69, 9.17) is 5.11 Å². The standard InChI is InChI=1S/C11H8INO2/c12-8-3-4-10(9(7-8)11(14)15)13-5-1-2-6-13/h1-7H,(H,14,15). The van der Waals surface area contributed by atoms with Crippen LogP contribution in [0.15, 0.2) is 42.7 Å². The molecule has 4 heteroatoms. The third-order valence-corrected chi connectivity index (χ3v) is 2.74. The highest BCUT2D eigenvalue weighted by atomic mass is 127. The maximum absolute atomic E-state index is 11.1. The Morgan fingerprint density at radius 3 is 2.53 bits per heavy atom. The Morgan fingerprint density at radius 2 is 1.93 bits per heavy atom. The zero-order valence-electron chi connectivity index (χ0n) is 7.72. The number of benzene rings is 1. The van der Waals surface area contributed by atoms with Gasteiger partial charge in [0.2, 0.25) is 0 Å². The van der Waals surface area contributed by atoms with Crippen molar-refractivity contribution in [2.24, 2.45) is 0 Å². The molecule has 76 valence electrons. The molecule has 0 saturated heterocycles. The van der Waals surface area contributed by atoms with Gasteiger partial charge in [-0.05, 0) is 52.9 Å². The lowest BCUT2D eigenvalue weighted by Gasteiger charge is -2.07. The molecule has 2 rings (SSSR count). The normalized spacial score (nSPS) is 10.2. The fourth-order valence-corrected chi connectivity index (χ4v) is 1.89. The first-order valence-corrected chi connectivity index (χ1v) is 5.42. The summed E-state index contributed by atoms with van der Waals surface area (Å²) in [7, 11) is 0. The molecule has 15 heavy (non-hydrogen) atoms. The Kier molecular flexibility index (Phi) is 2.77. The second kappa shape index (κ2) is 4.06. The van der Waals surface area contributed by atoms with Gasteiger partial charge in [-0.25, -0.2) is 4.79 Å². The topological polar surface area (TPSA) is 42.2 Å². The number of aromatic nitrogens is 1. The first-order valence-electron chi connectivity index (χ1n) is 4.34. The first-order chi connectivity index (χ1) is 7.18. The molecule has 0 bridgehead atoms. The van der Waals surface area contributed by atoms with Gasteiger partial charge >= 0.3 is 5.97 Å². The van der Waals surface area contributed by atoms with E-state index in [-0.39, 0.29) is 0 Å². The minimum atomic E-state index is -0.905. The fraction of sp³-hybridized carbons (Fsp3) is 0. The molecule has 3 nitrogen and oxygen atoms in total. The predicted molar refractivity (Wildman–Crippen MR) is 65.4 cm³/mol. The molecule has 0 fully saturated rings. The Labute approximate surface area is 100 Å². The highest BCUT2D eigenvalue weighted by Gasteiger charge is 2.11. The number of nitrogens with zero attached hydrogens (tertiary/aromatic N) is 1. The van der Waals surface area contributed by atoms with Crippen molar-refractivity contribution >= 4 is 28.6 Å². The molecule has 0 radical (unpaired) electrons. The van der Waals surface area contributed by atoms with Gasteiger partial charge in [0.25, 0.3) is 0 Å². The van der Waals surface area contributed by atoms with E-state index in [0.717, 1.165) is 3.57 Å². The van der Waals surface area contributed by atoms with E-state index < -0.39 is 5.97 Å². The number of hydrogen-bond acceptors (Lipinski definition) is 1. The lowest BCUT2D eigenvalue weighted by Crippen LogP contribution is -2.04. The average Bonchev–Trinajstić information content (AvgIpc) is 2.70. The summed E-state index contributed by atoms with van der Waals surface area (Å²) in [5, 5.41) is 9.07. The van der Waals surface area contributed by atoms with Crippen LogP contribution in [-0.2, 0) is 0 Å². The van der Waals surface area contributed by atoms with E-state index in [2.05, 4.69) is 22.6 Å². The fourth-order valence-electron chi connectivity index (χ4n) is 1.40. The maximum Gasteiger partial charge on any atom is 0.337 e. The van der Waals surface area contributed by atoms with Crippen molar-refractivity contribution in [3.05, 3.63) is 51.9 Å². The van der Waals surface area contributed by atoms with E-state index in [1.54, 1.807) is 10.6 Å². The van der Waals surface area contributed by atoms with Gasteiger partial charge in [-0.1, -0.05) is 0 Å². The molecule has 0 unspecified atom stereocenters. The number of rotatable bonds is 2. The molecule has 1 aromatic heterocycles. The zero-order valence-corrected chi connectivity index (χ0v) is 9.88. The minimum Gasteiger partial charge on any atom is -0.478 e. The summed E-state index contributed by atoms with van der Waals surface area (Å²) >= 11 is 2.10. The zero-order chi connectivity index (χ0) is 10.8. The molecule has 0 spiro atoms. The highest BCUT2D eigenvalue weighted by molar-refractivity contribution is 14.1. The average molecular weight is 313 g/mol. The summed E-state index contributed by atoms with van der Waals surface area (Å²) in [4.78, 5) is 11.1. The number of halogens is 1. The number of carboxylic acids is 1. The van der Waals surface area contributed by atoms with Crippen molar-refractivity contribution in [3.63, 3.8) is 0 Å². The van der Waals surface area contributed by atoms with E-state index in [1.807, 2.05) is 36.7 Å². The SMILES string of the molecule is O=C(O)c1cc(I)ccc1-n1cccc1. The van der Waals surface area contributed by atoms with Crippen LogP contribution >= 0.6 is 22.6 Å². The van der Waals surface area contributed by atoms with Crippen LogP contribution in [0.3, 0.4) is 0 Å². The summed E-state index contributed by atoms with van der Waals surface area (Å²) in [6.45, 7) is 0. The van der Waals surface area contributed by atoms with E-state index in [0.29, 0.717) is 11.3 Å². The quantitative estimate of drug-likeness (QED) is 0.866. The third-order valence-electron chi connectivity index (χ3n) is 2.07. The largest absolute Gasteiger partial charge is 0.478 e. The third kappa shape index (κ3) is 2.04. The van der Waals surface area contributed by atoms with Gasteiger partial charge in [-0.3, -0.25) is 0 Å². The van der Waals surface area contributed by atoms with Crippen molar-refractivity contribution in [2.75, 3.05) is 0 Å². The van der Waals surface area contributed by atoms with E-state index >= 15 is 0 Å². The van der Waals surface area contributed by atoms with Crippen molar-refractivity contribution in [2.45, 2.75) is 0 Å². The Hall–Kier alpha value is -1.30. The van der Waals surface area contributed by atoms with Crippen LogP contribution in [0.4, 0.5) is 0 Å². The Balaban J connectivity index is 2.61. The molecule has 1 heterocycles. The number of carbonyl (C=O) groups is 1. The van der Waals surface area contributed by atoms with Crippen LogP contribution in [0.5, 0.6) is 0 Å². The van der Waals surface area contributed by atoms with Gasteiger partial charge in [0.1, 0.15) is 0 Å². The van der Waals surface area contributed by atoms with Crippen molar-refractivity contribution < 1.29 is 9.90 Å². The summed E-state index contributed by atoms with van der Waals surface area (Å²) < 4.78 is 2.71. The molecule has 1 N–H and O–H groups in total. The second-order valence-electron chi connectivity index (χ2n) is 3.06. The van der Waals surface area contributed by atoms with Crippen LogP contribution in [0.1, 0.15) is 10.4 Å². The molecule has 1 aromatic carbocycles. The van der Waals surface area contributed by atoms with Gasteiger partial charge in [0.05, 0.1) is 11.3 Å². The molecule has 0 amide bonds. The van der Waals surface area contributed by atoms with Gasteiger partial charge in [0.15, 0.2) is 0 Å². The van der Waals surface area contributed by atoms with Crippen LogP contribution < -0.4 is 0 Å². The van der Waals surface area contributed by atoms with Crippen molar-refractivity contribution in [3.8, 4) is 5.69 Å². The van der Waals surface area contributed by atoms with Crippen LogP contribution in [0.2, 0.25) is 0 Å². The van der Waals surface area contributed by atoms with Gasteiger partial charge in [0, 0.05) is 16.0 Å². The molecule has 0 atom stereocenters. The number of carboxylic acid groups (broad SMARTS) is 1. The molecule has 0 aliphatic carbocycles. The summed E-state index contributed by atoms with van der Waals surface area (Å²) in [5.41, 5.74) is 1.01. The molecule has 2 aromatic rings. The van der Waals surface area contributed by atoms with Gasteiger partial charge in [-0.15, -0.1) is 0 Å². The van der Waals surface area contributed by atoms with Crippen molar-refractivity contribution in [1.82, 2.24) is 4.57 Å². The molecule has 0 aliphatic heterocycles. The monoisotopic (exact) mass is 313 g/mol. The second-order valence-corrected chi connectivity index (χ2v) is 4.30. The molecule has 0 saturated carbocycles. The van der Waals surface area contributed by atoms with Gasteiger partial charge in [-0.2, -0.15) is 0 Å².